The van der Waals surface area contributed by atoms with E-state index in [9.17, 15) is 4.79 Å². The lowest BCUT2D eigenvalue weighted by molar-refractivity contribution is -0.104. The lowest BCUT2D eigenvalue weighted by Crippen LogP contribution is -1.85. The molecule has 0 aromatic rings. The summed E-state index contributed by atoms with van der Waals surface area (Å²) < 4.78 is 0. The van der Waals surface area contributed by atoms with E-state index in [0.717, 1.165) is 17.6 Å². The van der Waals surface area contributed by atoms with Crippen LogP contribution in [0.2, 0.25) is 0 Å². The fourth-order valence-electron chi connectivity index (χ4n) is 0.352. The zero-order chi connectivity index (χ0) is 6.41. The highest BCUT2D eigenvalue weighted by Gasteiger charge is 1.87. The molecule has 0 heterocycles. The number of hydrogen-bond acceptors (Lipinski definition) is 2. The highest BCUT2D eigenvalue weighted by atomic mass is 32.2. The molecule has 1 nitrogen and oxygen atoms in total. The van der Waals surface area contributed by atoms with Gasteiger partial charge in [0.1, 0.15) is 6.29 Å². The van der Waals surface area contributed by atoms with Gasteiger partial charge in [0.25, 0.3) is 0 Å². The summed E-state index contributed by atoms with van der Waals surface area (Å²) in [4.78, 5) is 10.0. The maximum Gasteiger partial charge on any atom is 0.146 e. The summed E-state index contributed by atoms with van der Waals surface area (Å²) in [6.45, 7) is 1.87. The molecule has 0 rings (SSSR count). The van der Waals surface area contributed by atoms with Crippen molar-refractivity contribution in [2.75, 3.05) is 12.0 Å². The van der Waals surface area contributed by atoms with Crippen molar-refractivity contribution in [3.63, 3.8) is 0 Å². The largest absolute Gasteiger partial charge is 0.298 e. The van der Waals surface area contributed by atoms with Crippen LogP contribution in [0.3, 0.4) is 0 Å². The van der Waals surface area contributed by atoms with Gasteiger partial charge in [0.2, 0.25) is 0 Å². The predicted octanol–water partition coefficient (Wildman–Crippen LogP) is 1.49. The molecule has 0 amide bonds. The molecule has 0 N–H and O–H groups in total. The second kappa shape index (κ2) is 4.91. The van der Waals surface area contributed by atoms with Crippen molar-refractivity contribution in [2.24, 2.45) is 0 Å². The number of allylic oxidation sites excluding steroid dienone is 1. The number of carbonyl (C=O) groups is 1. The Morgan fingerprint density at radius 3 is 2.50 bits per heavy atom. The van der Waals surface area contributed by atoms with Crippen LogP contribution < -0.4 is 0 Å². The number of thioether (sulfide) groups is 1. The topological polar surface area (TPSA) is 17.1 Å². The van der Waals surface area contributed by atoms with Crippen molar-refractivity contribution in [1.82, 2.24) is 0 Å². The van der Waals surface area contributed by atoms with Crippen molar-refractivity contribution >= 4 is 18.0 Å². The van der Waals surface area contributed by atoms with E-state index < -0.39 is 0 Å². The summed E-state index contributed by atoms with van der Waals surface area (Å²) in [6.07, 6.45) is 4.72. The summed E-state index contributed by atoms with van der Waals surface area (Å²) in [5, 5.41) is 0. The molecular formula is C6H10OS. The first kappa shape index (κ1) is 7.76. The fourth-order valence-corrected chi connectivity index (χ4v) is 0.920. The molecule has 0 aliphatic heterocycles. The molecule has 0 atom stereocenters. The summed E-state index contributed by atoms with van der Waals surface area (Å²) in [7, 11) is 0. The number of rotatable bonds is 3. The SMILES string of the molecule is C/C=C(\C=O)CSC. The molecule has 0 aromatic heterocycles. The highest BCUT2D eigenvalue weighted by Crippen LogP contribution is 1.99. The van der Waals surface area contributed by atoms with Crippen LogP contribution in [0.15, 0.2) is 11.6 Å². The van der Waals surface area contributed by atoms with E-state index >= 15 is 0 Å². The van der Waals surface area contributed by atoms with E-state index in [2.05, 4.69) is 0 Å². The molecule has 0 radical (unpaired) electrons. The average Bonchev–Trinajstić information content (AvgIpc) is 1.83. The maximum absolute atomic E-state index is 10.0. The summed E-state index contributed by atoms with van der Waals surface area (Å²) in [6, 6.07) is 0. The molecule has 0 unspecified atom stereocenters. The summed E-state index contributed by atoms with van der Waals surface area (Å²) >= 11 is 1.66. The molecule has 0 spiro atoms. The molecule has 46 valence electrons. The quantitative estimate of drug-likeness (QED) is 0.425. The van der Waals surface area contributed by atoms with Crippen molar-refractivity contribution in [3.8, 4) is 0 Å². The Morgan fingerprint density at radius 2 is 2.38 bits per heavy atom. The van der Waals surface area contributed by atoms with Crippen LogP contribution in [0.1, 0.15) is 6.92 Å². The molecule has 0 bridgehead atoms. The van der Waals surface area contributed by atoms with Crippen molar-refractivity contribution < 1.29 is 4.79 Å². The van der Waals surface area contributed by atoms with Gasteiger partial charge in [-0.15, -0.1) is 0 Å². The minimum absolute atomic E-state index is 0.833. The minimum Gasteiger partial charge on any atom is -0.298 e. The zero-order valence-corrected chi connectivity index (χ0v) is 5.99. The molecule has 2 heteroatoms. The minimum atomic E-state index is 0.833. The van der Waals surface area contributed by atoms with Gasteiger partial charge in [-0.25, -0.2) is 0 Å². The summed E-state index contributed by atoms with van der Waals surface area (Å²) in [5.74, 6) is 0.833. The van der Waals surface area contributed by atoms with Crippen LogP contribution in [0.5, 0.6) is 0 Å². The number of carbonyl (C=O) groups excluding carboxylic acids is 1. The van der Waals surface area contributed by atoms with Crippen LogP contribution in [-0.2, 0) is 4.79 Å². The second-order valence-corrected chi connectivity index (χ2v) is 2.28. The third-order valence-corrected chi connectivity index (χ3v) is 1.46. The third kappa shape index (κ3) is 2.86. The normalized spacial score (nSPS) is 11.5. The van der Waals surface area contributed by atoms with E-state index in [1.54, 1.807) is 11.8 Å². The molecule has 0 aromatic carbocycles. The smallest absolute Gasteiger partial charge is 0.146 e. The van der Waals surface area contributed by atoms with E-state index in [1.165, 1.54) is 0 Å². The van der Waals surface area contributed by atoms with Crippen molar-refractivity contribution in [2.45, 2.75) is 6.92 Å². The van der Waals surface area contributed by atoms with Gasteiger partial charge in [-0.2, -0.15) is 11.8 Å². The molecule has 0 fully saturated rings. The Balaban J connectivity index is 3.54. The Kier molecular flexibility index (Phi) is 4.76. The monoisotopic (exact) mass is 130 g/mol. The first-order valence-electron chi connectivity index (χ1n) is 2.44. The van der Waals surface area contributed by atoms with Gasteiger partial charge in [-0.05, 0) is 18.8 Å². The van der Waals surface area contributed by atoms with Gasteiger partial charge in [-0.3, -0.25) is 4.79 Å². The molecule has 8 heavy (non-hydrogen) atoms. The molecule has 0 aliphatic carbocycles. The lowest BCUT2D eigenvalue weighted by atomic mass is 10.3. The highest BCUT2D eigenvalue weighted by molar-refractivity contribution is 7.98. The molecule has 0 saturated carbocycles. The predicted molar refractivity (Wildman–Crippen MR) is 38.2 cm³/mol. The zero-order valence-electron chi connectivity index (χ0n) is 5.18. The van der Waals surface area contributed by atoms with E-state index in [0.29, 0.717) is 0 Å². The lowest BCUT2D eigenvalue weighted by Gasteiger charge is -1.89. The van der Waals surface area contributed by atoms with Crippen LogP contribution in [0, 0.1) is 0 Å². The number of aldehydes is 1. The first-order valence-corrected chi connectivity index (χ1v) is 3.83. The van der Waals surface area contributed by atoms with Gasteiger partial charge >= 0.3 is 0 Å². The van der Waals surface area contributed by atoms with Crippen LogP contribution in [0.25, 0.3) is 0 Å². The Bertz CT molecular complexity index is 96.7. The number of hydrogen-bond donors (Lipinski definition) is 0. The van der Waals surface area contributed by atoms with Crippen LogP contribution in [-0.4, -0.2) is 18.3 Å². The van der Waals surface area contributed by atoms with E-state index in [4.69, 9.17) is 0 Å². The van der Waals surface area contributed by atoms with Gasteiger partial charge in [0.05, 0.1) is 0 Å². The summed E-state index contributed by atoms with van der Waals surface area (Å²) in [5.41, 5.74) is 0.873. The Hall–Kier alpha value is -0.240. The average molecular weight is 130 g/mol. The van der Waals surface area contributed by atoms with Crippen molar-refractivity contribution in [1.29, 1.82) is 0 Å². The van der Waals surface area contributed by atoms with Gasteiger partial charge in [0.15, 0.2) is 0 Å². The van der Waals surface area contributed by atoms with Gasteiger partial charge in [0, 0.05) is 5.75 Å². The van der Waals surface area contributed by atoms with Gasteiger partial charge < -0.3 is 0 Å². The Morgan fingerprint density at radius 1 is 1.75 bits per heavy atom. The Labute approximate surface area is 54.2 Å². The van der Waals surface area contributed by atoms with E-state index in [-0.39, 0.29) is 0 Å². The third-order valence-electron chi connectivity index (χ3n) is 0.833. The first-order chi connectivity index (χ1) is 3.85. The molecule has 0 saturated heterocycles. The van der Waals surface area contributed by atoms with Crippen molar-refractivity contribution in [3.05, 3.63) is 11.6 Å². The maximum atomic E-state index is 10.0. The van der Waals surface area contributed by atoms with E-state index in [1.807, 2.05) is 19.3 Å². The second-order valence-electron chi connectivity index (χ2n) is 1.41. The molecule has 0 aliphatic rings. The van der Waals surface area contributed by atoms with Crippen LogP contribution >= 0.6 is 11.8 Å². The molecular weight excluding hydrogens is 120 g/mol. The van der Waals surface area contributed by atoms with Gasteiger partial charge in [-0.1, -0.05) is 6.08 Å². The fraction of sp³-hybridized carbons (Fsp3) is 0.500. The van der Waals surface area contributed by atoms with Crippen LogP contribution in [0.4, 0.5) is 0 Å². The standard InChI is InChI=1S/C6H10OS/c1-3-6(4-7)5-8-2/h3-4H,5H2,1-2H3/b6-3+.